The average Bonchev–Trinajstić information content (AvgIpc) is 2.37. The second kappa shape index (κ2) is 5.08. The lowest BCUT2D eigenvalue weighted by atomic mass is 10.1. The van der Waals surface area contributed by atoms with Crippen LogP contribution in [0, 0.1) is 19.7 Å². The molecular formula is C15H16FNO. The van der Waals surface area contributed by atoms with Crippen molar-refractivity contribution in [1.29, 1.82) is 0 Å². The molecule has 2 N–H and O–H groups in total. The Balaban J connectivity index is 2.17. The van der Waals surface area contributed by atoms with E-state index in [0.717, 1.165) is 5.56 Å². The van der Waals surface area contributed by atoms with Crippen LogP contribution in [0.1, 0.15) is 16.7 Å². The Bertz CT molecular complexity index is 566. The SMILES string of the molecule is Cc1ccc(OCc2ccccc2N)c(C)c1F. The number of nitrogen functional groups attached to an aromatic ring is 1. The fourth-order valence-corrected chi connectivity index (χ4v) is 1.78. The van der Waals surface area contributed by atoms with E-state index in [1.165, 1.54) is 0 Å². The first kappa shape index (κ1) is 12.4. The summed E-state index contributed by atoms with van der Waals surface area (Å²) in [6.45, 7) is 3.79. The van der Waals surface area contributed by atoms with E-state index >= 15 is 0 Å². The maximum absolute atomic E-state index is 13.7. The standard InChI is InChI=1S/C15H16FNO/c1-10-7-8-14(11(2)15(10)16)18-9-12-5-3-4-6-13(12)17/h3-8H,9,17H2,1-2H3. The molecule has 0 radical (unpaired) electrons. The zero-order valence-electron chi connectivity index (χ0n) is 10.5. The first-order valence-electron chi connectivity index (χ1n) is 5.81. The molecule has 18 heavy (non-hydrogen) atoms. The number of ether oxygens (including phenoxy) is 1. The minimum Gasteiger partial charge on any atom is -0.488 e. The second-order valence-electron chi connectivity index (χ2n) is 4.31. The number of hydrogen-bond donors (Lipinski definition) is 1. The van der Waals surface area contributed by atoms with Crippen molar-refractivity contribution in [2.24, 2.45) is 0 Å². The predicted molar refractivity (Wildman–Crippen MR) is 71.1 cm³/mol. The maximum Gasteiger partial charge on any atom is 0.132 e. The van der Waals surface area contributed by atoms with E-state index < -0.39 is 0 Å². The van der Waals surface area contributed by atoms with Crippen molar-refractivity contribution >= 4 is 5.69 Å². The molecule has 0 saturated heterocycles. The summed E-state index contributed by atoms with van der Waals surface area (Å²) in [5.41, 5.74) is 8.56. The van der Waals surface area contributed by atoms with Gasteiger partial charge in [-0.3, -0.25) is 0 Å². The predicted octanol–water partition coefficient (Wildman–Crippen LogP) is 3.60. The van der Waals surface area contributed by atoms with Gasteiger partial charge in [-0.05, 0) is 31.5 Å². The number of anilines is 1. The Labute approximate surface area is 106 Å². The molecular weight excluding hydrogens is 229 g/mol. The Hall–Kier alpha value is -2.03. The zero-order chi connectivity index (χ0) is 13.1. The third-order valence-corrected chi connectivity index (χ3v) is 2.97. The highest BCUT2D eigenvalue weighted by Gasteiger charge is 2.08. The summed E-state index contributed by atoms with van der Waals surface area (Å²) in [5, 5.41) is 0. The highest BCUT2D eigenvalue weighted by Crippen LogP contribution is 2.24. The van der Waals surface area contributed by atoms with Crippen molar-refractivity contribution in [3.8, 4) is 5.75 Å². The van der Waals surface area contributed by atoms with E-state index in [4.69, 9.17) is 10.5 Å². The molecule has 0 aliphatic carbocycles. The van der Waals surface area contributed by atoms with Crippen LogP contribution in [0.3, 0.4) is 0 Å². The van der Waals surface area contributed by atoms with Gasteiger partial charge in [0, 0.05) is 16.8 Å². The third kappa shape index (κ3) is 2.45. The van der Waals surface area contributed by atoms with E-state index in [-0.39, 0.29) is 5.82 Å². The molecule has 0 amide bonds. The van der Waals surface area contributed by atoms with Gasteiger partial charge in [0.2, 0.25) is 0 Å². The summed E-state index contributed by atoms with van der Waals surface area (Å²) < 4.78 is 19.3. The smallest absolute Gasteiger partial charge is 0.132 e. The summed E-state index contributed by atoms with van der Waals surface area (Å²) in [6.07, 6.45) is 0. The Morgan fingerprint density at radius 2 is 1.83 bits per heavy atom. The van der Waals surface area contributed by atoms with E-state index in [1.54, 1.807) is 26.0 Å². The lowest BCUT2D eigenvalue weighted by molar-refractivity contribution is 0.302. The average molecular weight is 245 g/mol. The number of halogens is 1. The summed E-state index contributed by atoms with van der Waals surface area (Å²) in [4.78, 5) is 0. The van der Waals surface area contributed by atoms with E-state index in [2.05, 4.69) is 0 Å². The molecule has 0 spiro atoms. The molecule has 0 unspecified atom stereocenters. The molecule has 0 aromatic heterocycles. The molecule has 0 aliphatic heterocycles. The molecule has 2 nitrogen and oxygen atoms in total. The first-order chi connectivity index (χ1) is 8.59. The van der Waals surface area contributed by atoms with Crippen LogP contribution in [0.15, 0.2) is 36.4 Å². The van der Waals surface area contributed by atoms with Crippen molar-refractivity contribution in [1.82, 2.24) is 0 Å². The Kier molecular flexibility index (Phi) is 3.51. The van der Waals surface area contributed by atoms with E-state index in [0.29, 0.717) is 29.2 Å². The quantitative estimate of drug-likeness (QED) is 0.838. The highest BCUT2D eigenvalue weighted by atomic mass is 19.1. The maximum atomic E-state index is 13.7. The molecule has 0 atom stereocenters. The van der Waals surface area contributed by atoms with Gasteiger partial charge in [-0.1, -0.05) is 24.3 Å². The molecule has 2 aromatic carbocycles. The Morgan fingerprint density at radius 3 is 2.56 bits per heavy atom. The molecule has 2 rings (SSSR count). The van der Waals surface area contributed by atoms with Crippen LogP contribution in [0.25, 0.3) is 0 Å². The fourth-order valence-electron chi connectivity index (χ4n) is 1.78. The van der Waals surface area contributed by atoms with Gasteiger partial charge in [0.15, 0.2) is 0 Å². The number of nitrogens with two attached hydrogens (primary N) is 1. The number of para-hydroxylation sites is 1. The summed E-state index contributed by atoms with van der Waals surface area (Å²) in [7, 11) is 0. The molecule has 0 saturated carbocycles. The summed E-state index contributed by atoms with van der Waals surface area (Å²) >= 11 is 0. The van der Waals surface area contributed by atoms with Gasteiger partial charge in [0.1, 0.15) is 18.2 Å². The van der Waals surface area contributed by atoms with Crippen LogP contribution in [-0.4, -0.2) is 0 Å². The molecule has 2 aromatic rings. The van der Waals surface area contributed by atoms with Crippen LogP contribution < -0.4 is 10.5 Å². The van der Waals surface area contributed by atoms with Crippen molar-refractivity contribution < 1.29 is 9.13 Å². The van der Waals surface area contributed by atoms with Gasteiger partial charge in [0.25, 0.3) is 0 Å². The van der Waals surface area contributed by atoms with Gasteiger partial charge in [-0.15, -0.1) is 0 Å². The number of benzene rings is 2. The number of rotatable bonds is 3. The van der Waals surface area contributed by atoms with Gasteiger partial charge < -0.3 is 10.5 Å². The lowest BCUT2D eigenvalue weighted by Gasteiger charge is -2.12. The molecule has 94 valence electrons. The van der Waals surface area contributed by atoms with Crippen LogP contribution >= 0.6 is 0 Å². The lowest BCUT2D eigenvalue weighted by Crippen LogP contribution is -2.02. The topological polar surface area (TPSA) is 35.2 Å². The fraction of sp³-hybridized carbons (Fsp3) is 0.200. The monoisotopic (exact) mass is 245 g/mol. The molecule has 0 heterocycles. The van der Waals surface area contributed by atoms with Crippen LogP contribution in [-0.2, 0) is 6.61 Å². The van der Waals surface area contributed by atoms with Gasteiger partial charge >= 0.3 is 0 Å². The van der Waals surface area contributed by atoms with E-state index in [9.17, 15) is 4.39 Å². The second-order valence-corrected chi connectivity index (χ2v) is 4.31. The minimum absolute atomic E-state index is 0.214. The van der Waals surface area contributed by atoms with Crippen molar-refractivity contribution in [2.75, 3.05) is 5.73 Å². The minimum atomic E-state index is -0.214. The number of hydrogen-bond acceptors (Lipinski definition) is 2. The number of aryl methyl sites for hydroxylation is 1. The van der Waals surface area contributed by atoms with Gasteiger partial charge in [-0.25, -0.2) is 4.39 Å². The first-order valence-corrected chi connectivity index (χ1v) is 5.81. The largest absolute Gasteiger partial charge is 0.488 e. The van der Waals surface area contributed by atoms with Gasteiger partial charge in [0.05, 0.1) is 0 Å². The third-order valence-electron chi connectivity index (χ3n) is 2.97. The molecule has 0 bridgehead atoms. The summed E-state index contributed by atoms with van der Waals surface area (Å²) in [6, 6.07) is 11.0. The van der Waals surface area contributed by atoms with Crippen LogP contribution in [0.4, 0.5) is 10.1 Å². The van der Waals surface area contributed by atoms with Crippen molar-refractivity contribution in [3.63, 3.8) is 0 Å². The van der Waals surface area contributed by atoms with Crippen LogP contribution in [0.5, 0.6) is 5.75 Å². The summed E-state index contributed by atoms with van der Waals surface area (Å²) in [5.74, 6) is 0.342. The van der Waals surface area contributed by atoms with Crippen molar-refractivity contribution in [2.45, 2.75) is 20.5 Å². The highest BCUT2D eigenvalue weighted by molar-refractivity contribution is 5.46. The van der Waals surface area contributed by atoms with Gasteiger partial charge in [-0.2, -0.15) is 0 Å². The van der Waals surface area contributed by atoms with E-state index in [1.807, 2.05) is 24.3 Å². The normalized spacial score (nSPS) is 10.4. The van der Waals surface area contributed by atoms with Crippen molar-refractivity contribution in [3.05, 3.63) is 58.9 Å². The molecule has 3 heteroatoms. The Morgan fingerprint density at radius 1 is 1.11 bits per heavy atom. The van der Waals surface area contributed by atoms with Crippen LogP contribution in [0.2, 0.25) is 0 Å². The zero-order valence-corrected chi connectivity index (χ0v) is 10.5. The molecule has 0 aliphatic rings. The molecule has 0 fully saturated rings.